The summed E-state index contributed by atoms with van der Waals surface area (Å²) >= 11 is 1.35. The number of anilines is 1. The number of aryl methyl sites for hydroxylation is 1. The minimum atomic E-state index is -0.319. The topological polar surface area (TPSA) is 84.0 Å². The minimum Gasteiger partial charge on any atom is -0.347 e. The fourth-order valence-electron chi connectivity index (χ4n) is 2.64. The molecule has 6 nitrogen and oxygen atoms in total. The maximum atomic E-state index is 12.5. The number of nitrogens with zero attached hydrogens (tertiary/aromatic N) is 2. The van der Waals surface area contributed by atoms with Crippen LogP contribution in [0, 0.1) is 6.92 Å². The Labute approximate surface area is 161 Å². The number of rotatable bonds is 6. The third-order valence-electron chi connectivity index (χ3n) is 3.95. The molecule has 2 aromatic heterocycles. The van der Waals surface area contributed by atoms with Gasteiger partial charge in [-0.05, 0) is 30.5 Å². The second kappa shape index (κ2) is 8.55. The third-order valence-corrected chi connectivity index (χ3v) is 4.91. The fraction of sp³-hybridized carbons (Fsp3) is 0.200. The Hall–Kier alpha value is -3.06. The van der Waals surface area contributed by atoms with Gasteiger partial charge in [-0.1, -0.05) is 36.4 Å². The van der Waals surface area contributed by atoms with Gasteiger partial charge in [-0.25, -0.2) is 9.97 Å². The Kier molecular flexibility index (Phi) is 5.93. The maximum absolute atomic E-state index is 12.5. The van der Waals surface area contributed by atoms with E-state index in [4.69, 9.17) is 0 Å². The first-order valence-electron chi connectivity index (χ1n) is 8.52. The van der Waals surface area contributed by atoms with Crippen LogP contribution in [0.2, 0.25) is 0 Å². The highest BCUT2D eigenvalue weighted by Crippen LogP contribution is 2.23. The van der Waals surface area contributed by atoms with E-state index in [0.717, 1.165) is 11.1 Å². The van der Waals surface area contributed by atoms with Crippen molar-refractivity contribution in [2.75, 3.05) is 5.32 Å². The van der Waals surface area contributed by atoms with Crippen LogP contribution in [0.4, 0.5) is 5.82 Å². The van der Waals surface area contributed by atoms with Crippen molar-refractivity contribution in [2.45, 2.75) is 26.3 Å². The molecule has 27 heavy (non-hydrogen) atoms. The molecule has 0 unspecified atom stereocenters. The molecule has 0 saturated heterocycles. The Bertz CT molecular complexity index is 940. The number of pyridine rings is 1. The van der Waals surface area contributed by atoms with Gasteiger partial charge >= 0.3 is 0 Å². The fourth-order valence-corrected chi connectivity index (χ4v) is 3.49. The predicted octanol–water partition coefficient (Wildman–Crippen LogP) is 3.52. The number of hydrogen-bond acceptors (Lipinski definition) is 5. The highest BCUT2D eigenvalue weighted by atomic mass is 32.1. The van der Waals surface area contributed by atoms with Crippen LogP contribution in [0.5, 0.6) is 0 Å². The first-order valence-corrected chi connectivity index (χ1v) is 9.40. The number of nitrogens with one attached hydrogen (secondary N) is 2. The molecule has 7 heteroatoms. The van der Waals surface area contributed by atoms with E-state index in [0.29, 0.717) is 22.9 Å². The van der Waals surface area contributed by atoms with E-state index in [1.807, 2.05) is 49.4 Å². The van der Waals surface area contributed by atoms with Gasteiger partial charge in [-0.15, -0.1) is 11.3 Å². The SMILES string of the molecule is CC(=O)N[C@H](Cc1ccccc1)c1nc(C(=O)Nc2ncccc2C)cs1. The van der Waals surface area contributed by atoms with Crippen LogP contribution in [-0.2, 0) is 11.2 Å². The molecule has 0 fully saturated rings. The van der Waals surface area contributed by atoms with Crippen molar-refractivity contribution in [3.63, 3.8) is 0 Å². The van der Waals surface area contributed by atoms with Crippen LogP contribution in [0.1, 0.15) is 39.6 Å². The summed E-state index contributed by atoms with van der Waals surface area (Å²) in [5.41, 5.74) is 2.27. The number of benzene rings is 1. The van der Waals surface area contributed by atoms with Crippen molar-refractivity contribution < 1.29 is 9.59 Å². The molecule has 2 amide bonds. The van der Waals surface area contributed by atoms with Gasteiger partial charge in [0, 0.05) is 18.5 Å². The molecule has 2 heterocycles. The molecular formula is C20H20N4O2S. The van der Waals surface area contributed by atoms with Crippen molar-refractivity contribution in [3.05, 3.63) is 75.9 Å². The van der Waals surface area contributed by atoms with E-state index in [-0.39, 0.29) is 17.9 Å². The van der Waals surface area contributed by atoms with Gasteiger partial charge in [-0.2, -0.15) is 0 Å². The van der Waals surface area contributed by atoms with Gasteiger partial charge < -0.3 is 10.6 Å². The molecule has 3 rings (SSSR count). The number of thiazole rings is 1. The lowest BCUT2D eigenvalue weighted by molar-refractivity contribution is -0.119. The highest BCUT2D eigenvalue weighted by molar-refractivity contribution is 7.10. The zero-order valence-electron chi connectivity index (χ0n) is 15.1. The summed E-state index contributed by atoms with van der Waals surface area (Å²) in [6.45, 7) is 3.35. The number of aromatic nitrogens is 2. The summed E-state index contributed by atoms with van der Waals surface area (Å²) in [5.74, 6) is 0.0570. The molecule has 0 bridgehead atoms. The van der Waals surface area contributed by atoms with E-state index >= 15 is 0 Å². The third kappa shape index (κ3) is 4.98. The van der Waals surface area contributed by atoms with Crippen LogP contribution < -0.4 is 10.6 Å². The van der Waals surface area contributed by atoms with Crippen molar-refractivity contribution in [1.29, 1.82) is 0 Å². The first-order chi connectivity index (χ1) is 13.0. The molecule has 2 N–H and O–H groups in total. The molecule has 0 spiro atoms. The minimum absolute atomic E-state index is 0.138. The average Bonchev–Trinajstić information content (AvgIpc) is 3.14. The molecule has 0 aliphatic heterocycles. The van der Waals surface area contributed by atoms with Gasteiger partial charge in [-0.3, -0.25) is 9.59 Å². The van der Waals surface area contributed by atoms with Crippen molar-refractivity contribution >= 4 is 29.0 Å². The second-order valence-electron chi connectivity index (χ2n) is 6.14. The van der Waals surface area contributed by atoms with Gasteiger partial charge in [0.2, 0.25) is 5.91 Å². The summed E-state index contributed by atoms with van der Waals surface area (Å²) in [6.07, 6.45) is 2.23. The lowest BCUT2D eigenvalue weighted by Gasteiger charge is -2.15. The van der Waals surface area contributed by atoms with Crippen LogP contribution in [-0.4, -0.2) is 21.8 Å². The summed E-state index contributed by atoms with van der Waals surface area (Å²) in [5, 5.41) is 8.09. The van der Waals surface area contributed by atoms with E-state index in [1.165, 1.54) is 18.3 Å². The number of carbonyl (C=O) groups excluding carboxylic acids is 2. The molecule has 3 aromatic rings. The molecule has 1 aromatic carbocycles. The van der Waals surface area contributed by atoms with Crippen LogP contribution in [0.15, 0.2) is 54.0 Å². The number of amides is 2. The summed E-state index contributed by atoms with van der Waals surface area (Å²) in [7, 11) is 0. The molecular weight excluding hydrogens is 360 g/mol. The monoisotopic (exact) mass is 380 g/mol. The lowest BCUT2D eigenvalue weighted by Crippen LogP contribution is -2.27. The van der Waals surface area contributed by atoms with Crippen molar-refractivity contribution in [3.8, 4) is 0 Å². The molecule has 0 saturated carbocycles. The van der Waals surface area contributed by atoms with Crippen LogP contribution in [0.25, 0.3) is 0 Å². The zero-order valence-corrected chi connectivity index (χ0v) is 15.9. The van der Waals surface area contributed by atoms with Crippen LogP contribution >= 0.6 is 11.3 Å². The van der Waals surface area contributed by atoms with E-state index in [2.05, 4.69) is 20.6 Å². The molecule has 0 aliphatic rings. The standard InChI is InChI=1S/C20H20N4O2S/c1-13-7-6-10-21-18(13)24-19(26)17-12-27-20(23-17)16(22-14(2)25)11-15-8-4-3-5-9-15/h3-10,12,16H,11H2,1-2H3,(H,22,25)(H,21,24,26)/t16-/m1/s1. The highest BCUT2D eigenvalue weighted by Gasteiger charge is 2.20. The number of carbonyl (C=O) groups is 2. The van der Waals surface area contributed by atoms with E-state index < -0.39 is 0 Å². The molecule has 0 aliphatic carbocycles. The Morgan fingerprint density at radius 2 is 1.93 bits per heavy atom. The Morgan fingerprint density at radius 1 is 1.15 bits per heavy atom. The van der Waals surface area contributed by atoms with E-state index in [1.54, 1.807) is 11.6 Å². The maximum Gasteiger partial charge on any atom is 0.276 e. The first kappa shape index (κ1) is 18.7. The van der Waals surface area contributed by atoms with E-state index in [9.17, 15) is 9.59 Å². The van der Waals surface area contributed by atoms with Crippen molar-refractivity contribution in [2.24, 2.45) is 0 Å². The van der Waals surface area contributed by atoms with Gasteiger partial charge in [0.1, 0.15) is 16.5 Å². The second-order valence-corrected chi connectivity index (χ2v) is 7.03. The summed E-state index contributed by atoms with van der Waals surface area (Å²) < 4.78 is 0. The number of hydrogen-bond donors (Lipinski definition) is 2. The lowest BCUT2D eigenvalue weighted by atomic mass is 10.1. The molecule has 0 radical (unpaired) electrons. The quantitative estimate of drug-likeness (QED) is 0.685. The molecule has 1 atom stereocenters. The largest absolute Gasteiger partial charge is 0.347 e. The summed E-state index contributed by atoms with van der Waals surface area (Å²) in [6, 6.07) is 13.3. The van der Waals surface area contributed by atoms with Crippen LogP contribution in [0.3, 0.4) is 0 Å². The molecule has 138 valence electrons. The van der Waals surface area contributed by atoms with Crippen molar-refractivity contribution in [1.82, 2.24) is 15.3 Å². The normalized spacial score (nSPS) is 11.6. The Morgan fingerprint density at radius 3 is 2.63 bits per heavy atom. The van der Waals surface area contributed by atoms with Gasteiger partial charge in [0.05, 0.1) is 6.04 Å². The van der Waals surface area contributed by atoms with Gasteiger partial charge in [0.15, 0.2) is 0 Å². The Balaban J connectivity index is 1.77. The summed E-state index contributed by atoms with van der Waals surface area (Å²) in [4.78, 5) is 32.7. The zero-order chi connectivity index (χ0) is 19.2. The smallest absolute Gasteiger partial charge is 0.276 e. The average molecular weight is 380 g/mol. The van der Waals surface area contributed by atoms with Gasteiger partial charge in [0.25, 0.3) is 5.91 Å². The predicted molar refractivity (Wildman–Crippen MR) is 106 cm³/mol.